The van der Waals surface area contributed by atoms with Gasteiger partial charge in [-0.25, -0.2) is 0 Å². The van der Waals surface area contributed by atoms with Crippen LogP contribution in [-0.2, 0) is 0 Å². The standard InChI is InChI=1S/C21H22Cl3N3O2/c22-15-6-4-14(5-7-15)21(29)27-12-18(19(28)13-27)26-10-8-25(9-11-26)17-3-1-2-16(23)20(17)24/h1-7,18-19,28H,8-13H2/t18?,19-/m1/s1. The van der Waals surface area contributed by atoms with E-state index in [1.165, 1.54) is 0 Å². The second-order valence-electron chi connectivity index (χ2n) is 7.45. The van der Waals surface area contributed by atoms with Gasteiger partial charge in [0.25, 0.3) is 5.91 Å². The van der Waals surface area contributed by atoms with Gasteiger partial charge in [-0.05, 0) is 36.4 Å². The lowest BCUT2D eigenvalue weighted by atomic mass is 10.1. The van der Waals surface area contributed by atoms with E-state index < -0.39 is 6.10 Å². The molecule has 1 N–H and O–H groups in total. The third-order valence-electron chi connectivity index (χ3n) is 5.69. The number of nitrogens with zero attached hydrogens (tertiary/aromatic N) is 3. The number of amides is 1. The van der Waals surface area contributed by atoms with Crippen LogP contribution in [0.3, 0.4) is 0 Å². The van der Waals surface area contributed by atoms with E-state index in [0.29, 0.717) is 33.7 Å². The number of β-amino-alcohol motifs (C(OH)–C–C–N with tert-alkyl or cyclic N) is 1. The normalized spacial score (nSPS) is 22.9. The van der Waals surface area contributed by atoms with Crippen LogP contribution >= 0.6 is 34.8 Å². The summed E-state index contributed by atoms with van der Waals surface area (Å²) in [5.41, 5.74) is 1.52. The summed E-state index contributed by atoms with van der Waals surface area (Å²) >= 11 is 18.4. The van der Waals surface area contributed by atoms with Gasteiger partial charge in [0.15, 0.2) is 0 Å². The molecule has 2 heterocycles. The molecule has 0 radical (unpaired) electrons. The van der Waals surface area contributed by atoms with Gasteiger partial charge < -0.3 is 14.9 Å². The Labute approximate surface area is 185 Å². The average molecular weight is 455 g/mol. The molecule has 2 aliphatic rings. The molecule has 2 aromatic carbocycles. The van der Waals surface area contributed by atoms with Gasteiger partial charge in [0, 0.05) is 49.9 Å². The molecule has 2 saturated heterocycles. The first-order valence-electron chi connectivity index (χ1n) is 9.60. The lowest BCUT2D eigenvalue weighted by Crippen LogP contribution is -2.53. The fourth-order valence-corrected chi connectivity index (χ4v) is 4.64. The lowest BCUT2D eigenvalue weighted by molar-refractivity contribution is 0.0754. The highest BCUT2D eigenvalue weighted by molar-refractivity contribution is 6.43. The number of rotatable bonds is 3. The van der Waals surface area contributed by atoms with Crippen molar-refractivity contribution < 1.29 is 9.90 Å². The molecule has 0 saturated carbocycles. The Hall–Kier alpha value is -1.50. The second kappa shape index (κ2) is 8.70. The molecule has 1 amide bonds. The van der Waals surface area contributed by atoms with E-state index >= 15 is 0 Å². The molecule has 8 heteroatoms. The molecule has 2 aliphatic heterocycles. The fourth-order valence-electron chi connectivity index (χ4n) is 4.10. The number of carbonyl (C=O) groups is 1. The quantitative estimate of drug-likeness (QED) is 0.769. The summed E-state index contributed by atoms with van der Waals surface area (Å²) in [5, 5.41) is 12.3. The fraction of sp³-hybridized carbons (Fsp3) is 0.381. The number of hydrogen-bond donors (Lipinski definition) is 1. The smallest absolute Gasteiger partial charge is 0.253 e. The van der Waals surface area contributed by atoms with E-state index in [2.05, 4.69) is 9.80 Å². The van der Waals surface area contributed by atoms with E-state index in [9.17, 15) is 9.90 Å². The van der Waals surface area contributed by atoms with Crippen molar-refractivity contribution >= 4 is 46.4 Å². The van der Waals surface area contributed by atoms with Gasteiger partial charge in [-0.1, -0.05) is 40.9 Å². The first kappa shape index (κ1) is 20.8. The Balaban J connectivity index is 1.38. The Morgan fingerprint density at radius 2 is 1.62 bits per heavy atom. The number of carbonyl (C=O) groups excluding carboxylic acids is 1. The molecule has 0 spiro atoms. The van der Waals surface area contributed by atoms with Crippen LogP contribution in [0.4, 0.5) is 5.69 Å². The van der Waals surface area contributed by atoms with Gasteiger partial charge in [-0.2, -0.15) is 0 Å². The number of aliphatic hydroxyl groups excluding tert-OH is 1. The van der Waals surface area contributed by atoms with E-state index in [0.717, 1.165) is 31.9 Å². The third-order valence-corrected chi connectivity index (χ3v) is 6.75. The minimum absolute atomic E-state index is 0.0665. The van der Waals surface area contributed by atoms with Crippen molar-refractivity contribution in [2.24, 2.45) is 0 Å². The molecule has 154 valence electrons. The van der Waals surface area contributed by atoms with Crippen LogP contribution in [0.15, 0.2) is 42.5 Å². The molecule has 0 bridgehead atoms. The van der Waals surface area contributed by atoms with Crippen LogP contribution in [0.2, 0.25) is 15.1 Å². The van der Waals surface area contributed by atoms with Gasteiger partial charge in [-0.15, -0.1) is 0 Å². The Morgan fingerprint density at radius 1 is 0.931 bits per heavy atom. The number of hydrogen-bond acceptors (Lipinski definition) is 4. The summed E-state index contributed by atoms with van der Waals surface area (Å²) in [6, 6.07) is 12.4. The molecular formula is C21H22Cl3N3O2. The highest BCUT2D eigenvalue weighted by Gasteiger charge is 2.39. The molecule has 2 aromatic rings. The van der Waals surface area contributed by atoms with Crippen LogP contribution < -0.4 is 4.90 Å². The summed E-state index contributed by atoms with van der Waals surface area (Å²) in [4.78, 5) is 18.9. The minimum Gasteiger partial charge on any atom is -0.390 e. The van der Waals surface area contributed by atoms with Crippen molar-refractivity contribution in [2.45, 2.75) is 12.1 Å². The van der Waals surface area contributed by atoms with Crippen molar-refractivity contribution in [3.05, 3.63) is 63.1 Å². The van der Waals surface area contributed by atoms with Gasteiger partial charge >= 0.3 is 0 Å². The van der Waals surface area contributed by atoms with Crippen LogP contribution in [0.5, 0.6) is 0 Å². The van der Waals surface area contributed by atoms with Gasteiger partial charge in [0.1, 0.15) is 0 Å². The van der Waals surface area contributed by atoms with Crippen molar-refractivity contribution in [1.29, 1.82) is 0 Å². The second-order valence-corrected chi connectivity index (χ2v) is 8.67. The van der Waals surface area contributed by atoms with E-state index in [1.54, 1.807) is 35.2 Å². The molecule has 2 fully saturated rings. The van der Waals surface area contributed by atoms with Crippen LogP contribution in [0.25, 0.3) is 0 Å². The Kier molecular flexibility index (Phi) is 6.23. The largest absolute Gasteiger partial charge is 0.390 e. The monoisotopic (exact) mass is 453 g/mol. The Morgan fingerprint density at radius 3 is 2.31 bits per heavy atom. The summed E-state index contributed by atoms with van der Waals surface area (Å²) in [6.45, 7) is 4.00. The maximum Gasteiger partial charge on any atom is 0.253 e. The van der Waals surface area contributed by atoms with Crippen molar-refractivity contribution in [3.8, 4) is 0 Å². The number of anilines is 1. The minimum atomic E-state index is -0.562. The number of aliphatic hydroxyl groups is 1. The van der Waals surface area contributed by atoms with Crippen molar-refractivity contribution in [2.75, 3.05) is 44.2 Å². The number of benzene rings is 2. The summed E-state index contributed by atoms with van der Waals surface area (Å²) in [5.74, 6) is -0.0763. The van der Waals surface area contributed by atoms with E-state index in [4.69, 9.17) is 34.8 Å². The molecule has 29 heavy (non-hydrogen) atoms. The van der Waals surface area contributed by atoms with Gasteiger partial charge in [0.05, 0.1) is 27.9 Å². The SMILES string of the molecule is O=C(c1ccc(Cl)cc1)N1CC(N2CCN(c3cccc(Cl)c3Cl)CC2)[C@H](O)C1. The maximum atomic E-state index is 12.8. The van der Waals surface area contributed by atoms with Crippen LogP contribution in [0.1, 0.15) is 10.4 Å². The molecule has 5 nitrogen and oxygen atoms in total. The predicted octanol–water partition coefficient (Wildman–Crippen LogP) is 3.65. The number of piperazine rings is 1. The molecule has 0 aliphatic carbocycles. The average Bonchev–Trinajstić information content (AvgIpc) is 3.12. The zero-order chi connectivity index (χ0) is 20.5. The molecule has 0 aromatic heterocycles. The van der Waals surface area contributed by atoms with Crippen LogP contribution in [0, 0.1) is 0 Å². The van der Waals surface area contributed by atoms with Crippen molar-refractivity contribution in [1.82, 2.24) is 9.80 Å². The molecule has 1 unspecified atom stereocenters. The predicted molar refractivity (Wildman–Crippen MR) is 117 cm³/mol. The van der Waals surface area contributed by atoms with E-state index in [-0.39, 0.29) is 11.9 Å². The maximum absolute atomic E-state index is 12.8. The highest BCUT2D eigenvalue weighted by atomic mass is 35.5. The lowest BCUT2D eigenvalue weighted by Gasteiger charge is -2.40. The highest BCUT2D eigenvalue weighted by Crippen LogP contribution is 2.33. The molecule has 4 rings (SSSR count). The molecular weight excluding hydrogens is 433 g/mol. The topological polar surface area (TPSA) is 47.0 Å². The van der Waals surface area contributed by atoms with E-state index in [1.807, 2.05) is 12.1 Å². The third kappa shape index (κ3) is 4.35. The number of likely N-dealkylation sites (tertiary alicyclic amines) is 1. The van der Waals surface area contributed by atoms with Gasteiger partial charge in [-0.3, -0.25) is 9.69 Å². The first-order valence-corrected chi connectivity index (χ1v) is 10.7. The van der Waals surface area contributed by atoms with Gasteiger partial charge in [0.2, 0.25) is 0 Å². The first-order chi connectivity index (χ1) is 13.9. The number of halogens is 3. The zero-order valence-corrected chi connectivity index (χ0v) is 18.0. The Bertz CT molecular complexity index is 885. The van der Waals surface area contributed by atoms with Crippen LogP contribution in [-0.4, -0.2) is 72.2 Å². The summed E-state index contributed by atoms with van der Waals surface area (Å²) in [7, 11) is 0. The summed E-state index contributed by atoms with van der Waals surface area (Å²) < 4.78 is 0. The zero-order valence-electron chi connectivity index (χ0n) is 15.8. The molecule has 2 atom stereocenters. The van der Waals surface area contributed by atoms with Crippen molar-refractivity contribution in [3.63, 3.8) is 0 Å². The summed E-state index contributed by atoms with van der Waals surface area (Å²) in [6.07, 6.45) is -0.562.